The third kappa shape index (κ3) is 19.9. The van der Waals surface area contributed by atoms with Gasteiger partial charge < -0.3 is 5.11 Å². The largest absolute Gasteiger partial charge is 0.393 e. The second-order valence-electron chi connectivity index (χ2n) is 7.53. The molecule has 1 heteroatoms. The van der Waals surface area contributed by atoms with Gasteiger partial charge in [-0.1, -0.05) is 123 Å². The molecule has 0 fully saturated rings. The SMILES string of the molecule is CCCCCCCCCCCCCCCC[C@H](O)CCCCC. The zero-order valence-corrected chi connectivity index (χ0v) is 16.5. The molecule has 0 aliphatic carbocycles. The average Bonchev–Trinajstić information content (AvgIpc) is 2.55. The Morgan fingerprint density at radius 1 is 0.435 bits per heavy atom. The third-order valence-corrected chi connectivity index (χ3v) is 5.03. The summed E-state index contributed by atoms with van der Waals surface area (Å²) in [6, 6.07) is 0. The van der Waals surface area contributed by atoms with E-state index >= 15 is 0 Å². The molecule has 0 spiro atoms. The van der Waals surface area contributed by atoms with Crippen molar-refractivity contribution in [3.05, 3.63) is 0 Å². The lowest BCUT2D eigenvalue weighted by Gasteiger charge is -2.09. The first-order valence-corrected chi connectivity index (χ1v) is 11.0. The molecule has 0 saturated carbocycles. The van der Waals surface area contributed by atoms with Gasteiger partial charge in [0.1, 0.15) is 0 Å². The average molecular weight is 327 g/mol. The van der Waals surface area contributed by atoms with E-state index in [-0.39, 0.29) is 6.10 Å². The molecule has 140 valence electrons. The zero-order valence-electron chi connectivity index (χ0n) is 16.5. The minimum atomic E-state index is -0.0288. The first-order valence-electron chi connectivity index (χ1n) is 11.0. The van der Waals surface area contributed by atoms with Gasteiger partial charge in [0.05, 0.1) is 6.10 Å². The fourth-order valence-electron chi connectivity index (χ4n) is 3.35. The van der Waals surface area contributed by atoms with E-state index in [1.54, 1.807) is 0 Å². The molecule has 0 aromatic rings. The molecule has 0 aliphatic rings. The summed E-state index contributed by atoms with van der Waals surface area (Å²) in [7, 11) is 0. The predicted molar refractivity (Wildman–Crippen MR) is 105 cm³/mol. The quantitative estimate of drug-likeness (QED) is 0.240. The van der Waals surface area contributed by atoms with E-state index in [1.807, 2.05) is 0 Å². The van der Waals surface area contributed by atoms with Gasteiger partial charge in [-0.2, -0.15) is 0 Å². The van der Waals surface area contributed by atoms with Gasteiger partial charge in [0.25, 0.3) is 0 Å². The molecular formula is C22H46O. The molecule has 0 radical (unpaired) electrons. The number of hydrogen-bond donors (Lipinski definition) is 1. The maximum absolute atomic E-state index is 9.87. The summed E-state index contributed by atoms with van der Waals surface area (Å²) < 4.78 is 0. The monoisotopic (exact) mass is 326 g/mol. The molecule has 0 aromatic heterocycles. The Balaban J connectivity index is 3.05. The van der Waals surface area contributed by atoms with Gasteiger partial charge in [-0.3, -0.25) is 0 Å². The lowest BCUT2D eigenvalue weighted by molar-refractivity contribution is 0.147. The van der Waals surface area contributed by atoms with Gasteiger partial charge >= 0.3 is 0 Å². The second-order valence-corrected chi connectivity index (χ2v) is 7.53. The molecule has 1 N–H and O–H groups in total. The van der Waals surface area contributed by atoms with Gasteiger partial charge in [0, 0.05) is 0 Å². The Bertz CT molecular complexity index is 202. The fourth-order valence-corrected chi connectivity index (χ4v) is 3.35. The van der Waals surface area contributed by atoms with Crippen LogP contribution in [0.25, 0.3) is 0 Å². The van der Waals surface area contributed by atoms with Crippen LogP contribution in [0, 0.1) is 0 Å². The Morgan fingerprint density at radius 3 is 1.09 bits per heavy atom. The second kappa shape index (κ2) is 20.0. The summed E-state index contributed by atoms with van der Waals surface area (Å²) in [6.45, 7) is 4.51. The zero-order chi connectivity index (χ0) is 17.0. The van der Waals surface area contributed by atoms with Crippen LogP contribution in [0.4, 0.5) is 0 Å². The standard InChI is InChI=1S/C22H46O/c1-3-5-7-8-9-10-11-12-13-14-15-16-17-19-21-22(23)20-18-6-4-2/h22-23H,3-21H2,1-2H3/t22-/m1/s1. The number of rotatable bonds is 19. The van der Waals surface area contributed by atoms with Gasteiger partial charge in [-0.25, -0.2) is 0 Å². The molecule has 0 amide bonds. The highest BCUT2D eigenvalue weighted by molar-refractivity contribution is 4.57. The highest BCUT2D eigenvalue weighted by atomic mass is 16.3. The van der Waals surface area contributed by atoms with Crippen molar-refractivity contribution in [1.82, 2.24) is 0 Å². The molecule has 0 bridgehead atoms. The molecule has 0 rings (SSSR count). The van der Waals surface area contributed by atoms with Crippen LogP contribution in [0.15, 0.2) is 0 Å². The van der Waals surface area contributed by atoms with Crippen molar-refractivity contribution in [3.8, 4) is 0 Å². The smallest absolute Gasteiger partial charge is 0.0540 e. The molecular weight excluding hydrogens is 280 g/mol. The molecule has 0 aliphatic heterocycles. The van der Waals surface area contributed by atoms with Crippen molar-refractivity contribution in [2.45, 2.75) is 142 Å². The topological polar surface area (TPSA) is 20.2 Å². The maximum atomic E-state index is 9.87. The van der Waals surface area contributed by atoms with Crippen LogP contribution in [0.2, 0.25) is 0 Å². The number of hydrogen-bond acceptors (Lipinski definition) is 1. The maximum Gasteiger partial charge on any atom is 0.0540 e. The third-order valence-electron chi connectivity index (χ3n) is 5.03. The molecule has 0 heterocycles. The number of unbranched alkanes of at least 4 members (excludes halogenated alkanes) is 15. The van der Waals surface area contributed by atoms with E-state index in [9.17, 15) is 5.11 Å². The van der Waals surface area contributed by atoms with Crippen LogP contribution < -0.4 is 0 Å². The van der Waals surface area contributed by atoms with Crippen LogP contribution in [0.5, 0.6) is 0 Å². The number of aliphatic hydroxyl groups is 1. The first-order chi connectivity index (χ1) is 11.3. The Hall–Kier alpha value is -0.0400. The summed E-state index contributed by atoms with van der Waals surface area (Å²) >= 11 is 0. The van der Waals surface area contributed by atoms with Gasteiger partial charge in [0.2, 0.25) is 0 Å². The fraction of sp³-hybridized carbons (Fsp3) is 1.00. The van der Waals surface area contributed by atoms with Gasteiger partial charge in [0.15, 0.2) is 0 Å². The van der Waals surface area contributed by atoms with Crippen LogP contribution in [-0.4, -0.2) is 11.2 Å². The van der Waals surface area contributed by atoms with Crippen LogP contribution in [0.3, 0.4) is 0 Å². The van der Waals surface area contributed by atoms with Crippen molar-refractivity contribution in [2.24, 2.45) is 0 Å². The predicted octanol–water partition coefficient (Wildman–Crippen LogP) is 7.80. The summed E-state index contributed by atoms with van der Waals surface area (Å²) in [5, 5.41) is 9.87. The van der Waals surface area contributed by atoms with Crippen LogP contribution >= 0.6 is 0 Å². The number of aliphatic hydroxyl groups excluding tert-OH is 1. The summed E-state index contributed by atoms with van der Waals surface area (Å²) in [5.74, 6) is 0. The Morgan fingerprint density at radius 2 is 0.696 bits per heavy atom. The molecule has 0 aromatic carbocycles. The summed E-state index contributed by atoms with van der Waals surface area (Å²) in [5.41, 5.74) is 0. The van der Waals surface area contributed by atoms with Crippen molar-refractivity contribution < 1.29 is 5.11 Å². The lowest BCUT2D eigenvalue weighted by Crippen LogP contribution is -2.05. The summed E-state index contributed by atoms with van der Waals surface area (Å²) in [6.07, 6.45) is 25.5. The molecule has 1 nitrogen and oxygen atoms in total. The minimum absolute atomic E-state index is 0.0288. The van der Waals surface area contributed by atoms with Crippen LogP contribution in [0.1, 0.15) is 136 Å². The molecule has 1 atom stereocenters. The van der Waals surface area contributed by atoms with Crippen molar-refractivity contribution >= 4 is 0 Å². The molecule has 0 saturated heterocycles. The first kappa shape index (κ1) is 23.0. The van der Waals surface area contributed by atoms with E-state index in [4.69, 9.17) is 0 Å². The lowest BCUT2D eigenvalue weighted by atomic mass is 10.0. The minimum Gasteiger partial charge on any atom is -0.393 e. The van der Waals surface area contributed by atoms with Gasteiger partial charge in [-0.15, -0.1) is 0 Å². The van der Waals surface area contributed by atoms with E-state index < -0.39 is 0 Å². The highest BCUT2D eigenvalue weighted by Gasteiger charge is 2.03. The van der Waals surface area contributed by atoms with E-state index in [1.165, 1.54) is 109 Å². The summed E-state index contributed by atoms with van der Waals surface area (Å²) in [4.78, 5) is 0. The Labute approximate surface area is 147 Å². The van der Waals surface area contributed by atoms with E-state index in [0.29, 0.717) is 0 Å². The normalized spacial score (nSPS) is 12.7. The van der Waals surface area contributed by atoms with E-state index in [2.05, 4.69) is 13.8 Å². The highest BCUT2D eigenvalue weighted by Crippen LogP contribution is 2.15. The van der Waals surface area contributed by atoms with Gasteiger partial charge in [-0.05, 0) is 12.8 Å². The van der Waals surface area contributed by atoms with Crippen molar-refractivity contribution in [2.75, 3.05) is 0 Å². The van der Waals surface area contributed by atoms with E-state index in [0.717, 1.165) is 12.8 Å². The molecule has 23 heavy (non-hydrogen) atoms. The van der Waals surface area contributed by atoms with Crippen LogP contribution in [-0.2, 0) is 0 Å². The Kier molecular flexibility index (Phi) is 20.0. The molecule has 0 unspecified atom stereocenters. The van der Waals surface area contributed by atoms with Crippen molar-refractivity contribution in [3.63, 3.8) is 0 Å². The van der Waals surface area contributed by atoms with Crippen molar-refractivity contribution in [1.29, 1.82) is 0 Å².